The van der Waals surface area contributed by atoms with Gasteiger partial charge in [0.05, 0.1) is 11.2 Å². The molecule has 2 aliphatic carbocycles. The average molecular weight is 580 g/mol. The van der Waals surface area contributed by atoms with Gasteiger partial charge in [-0.15, -0.1) is 0 Å². The van der Waals surface area contributed by atoms with Gasteiger partial charge in [0, 0.05) is 44.9 Å². The molecule has 0 aliphatic heterocycles. The van der Waals surface area contributed by atoms with Crippen LogP contribution in [-0.2, 0) is 0 Å². The highest BCUT2D eigenvalue weighted by molar-refractivity contribution is 6.13. The second kappa shape index (κ2) is 11.3. The zero-order chi connectivity index (χ0) is 30.2. The lowest BCUT2D eigenvalue weighted by atomic mass is 9.83. The van der Waals surface area contributed by atoms with Gasteiger partial charge in [0.1, 0.15) is 0 Å². The van der Waals surface area contributed by atoms with Crippen LogP contribution in [-0.4, -0.2) is 25.2 Å². The minimum Gasteiger partial charge on any atom is -0.312 e. The summed E-state index contributed by atoms with van der Waals surface area (Å²) in [5.74, 6) is 1.67. The molecule has 0 saturated carbocycles. The van der Waals surface area contributed by atoms with E-state index in [9.17, 15) is 0 Å². The molecule has 2 aromatic heterocycles. The van der Waals surface area contributed by atoms with Gasteiger partial charge >= 0.3 is 0 Å². The zero-order valence-electron chi connectivity index (χ0n) is 24.7. The monoisotopic (exact) mass is 579 g/mol. The normalized spacial score (nSPS) is 18.1. The minimum absolute atomic E-state index is 0.104. The number of fused-ring (bicyclic) bond motifs is 3. The Hall–Kier alpha value is -5.94. The molecular weight excluding hydrogens is 550 g/mol. The van der Waals surface area contributed by atoms with Crippen LogP contribution in [0, 0.1) is 0 Å². The number of benzene rings is 4. The molecule has 0 fully saturated rings. The van der Waals surface area contributed by atoms with E-state index in [0.717, 1.165) is 28.1 Å². The molecule has 0 radical (unpaired) electrons. The number of para-hydroxylation sites is 2. The van der Waals surface area contributed by atoms with Crippen LogP contribution in [0.2, 0.25) is 0 Å². The lowest BCUT2D eigenvalue weighted by molar-refractivity contribution is 0.826. The maximum Gasteiger partial charge on any atom is 0.254 e. The van der Waals surface area contributed by atoms with E-state index in [1.54, 1.807) is 0 Å². The summed E-state index contributed by atoms with van der Waals surface area (Å²) >= 11 is 0. The van der Waals surface area contributed by atoms with Crippen molar-refractivity contribution in [2.24, 2.45) is 4.99 Å². The SMILES string of the molecule is CC1/C(=C2/C=CC=CC2=Nc2nc(-c3ccccc3)nc(-c3ccccc3)n2)C=Cc2c1n(-c1ccccc1)c1ccccc21. The predicted octanol–water partition coefficient (Wildman–Crippen LogP) is 9.48. The Balaban J connectivity index is 1.29. The lowest BCUT2D eigenvalue weighted by Crippen LogP contribution is -2.14. The second-order valence-electron chi connectivity index (χ2n) is 11.1. The first kappa shape index (κ1) is 26.7. The van der Waals surface area contributed by atoms with Crippen molar-refractivity contribution in [3.63, 3.8) is 0 Å². The van der Waals surface area contributed by atoms with Crippen LogP contribution in [0.3, 0.4) is 0 Å². The Morgan fingerprint density at radius 3 is 1.89 bits per heavy atom. The van der Waals surface area contributed by atoms with Crippen molar-refractivity contribution in [3.05, 3.63) is 168 Å². The summed E-state index contributed by atoms with van der Waals surface area (Å²) in [5.41, 5.74) is 9.80. The van der Waals surface area contributed by atoms with Gasteiger partial charge < -0.3 is 4.57 Å². The molecule has 0 N–H and O–H groups in total. The van der Waals surface area contributed by atoms with E-state index in [-0.39, 0.29) is 5.92 Å². The molecule has 5 heteroatoms. The Morgan fingerprint density at radius 2 is 1.20 bits per heavy atom. The fraction of sp³-hybridized carbons (Fsp3) is 0.0500. The maximum absolute atomic E-state index is 5.08. The number of aliphatic imine (C=N–C) groups is 1. The zero-order valence-corrected chi connectivity index (χ0v) is 24.7. The molecule has 0 saturated heterocycles. The fourth-order valence-corrected chi connectivity index (χ4v) is 6.30. The smallest absolute Gasteiger partial charge is 0.254 e. The highest BCUT2D eigenvalue weighted by atomic mass is 15.1. The average Bonchev–Trinajstić information content (AvgIpc) is 3.45. The van der Waals surface area contributed by atoms with Gasteiger partial charge in [-0.05, 0) is 29.8 Å². The Bertz CT molecular complexity index is 2140. The largest absolute Gasteiger partial charge is 0.312 e. The first-order chi connectivity index (χ1) is 22.2. The molecule has 214 valence electrons. The summed E-state index contributed by atoms with van der Waals surface area (Å²) in [6.07, 6.45) is 12.8. The fourth-order valence-electron chi connectivity index (χ4n) is 6.30. The third-order valence-electron chi connectivity index (χ3n) is 8.40. The van der Waals surface area contributed by atoms with Gasteiger partial charge in [0.15, 0.2) is 11.6 Å². The molecule has 2 heterocycles. The molecule has 4 aromatic carbocycles. The molecule has 8 rings (SSSR count). The van der Waals surface area contributed by atoms with Crippen molar-refractivity contribution in [1.29, 1.82) is 0 Å². The van der Waals surface area contributed by atoms with Crippen molar-refractivity contribution in [2.45, 2.75) is 12.8 Å². The number of allylic oxidation sites excluding steroid dienone is 7. The van der Waals surface area contributed by atoms with E-state index in [2.05, 4.69) is 90.4 Å². The summed E-state index contributed by atoms with van der Waals surface area (Å²) in [7, 11) is 0. The summed E-state index contributed by atoms with van der Waals surface area (Å²) in [4.78, 5) is 19.6. The van der Waals surface area contributed by atoms with Crippen LogP contribution in [0.5, 0.6) is 0 Å². The molecule has 2 aliphatic rings. The molecule has 1 atom stereocenters. The number of rotatable bonds is 4. The van der Waals surface area contributed by atoms with E-state index in [4.69, 9.17) is 19.9 Å². The van der Waals surface area contributed by atoms with E-state index in [0.29, 0.717) is 17.6 Å². The van der Waals surface area contributed by atoms with Crippen LogP contribution in [0.15, 0.2) is 162 Å². The van der Waals surface area contributed by atoms with Gasteiger partial charge in [-0.25, -0.2) is 9.98 Å². The van der Waals surface area contributed by atoms with Crippen molar-refractivity contribution in [3.8, 4) is 28.5 Å². The number of nitrogens with zero attached hydrogens (tertiary/aromatic N) is 5. The van der Waals surface area contributed by atoms with E-state index < -0.39 is 0 Å². The third-order valence-corrected chi connectivity index (χ3v) is 8.40. The molecule has 0 spiro atoms. The quantitative estimate of drug-likeness (QED) is 0.209. The van der Waals surface area contributed by atoms with Crippen molar-refractivity contribution in [1.82, 2.24) is 19.5 Å². The molecule has 6 aromatic rings. The summed E-state index contributed by atoms with van der Waals surface area (Å²) in [6, 6.07) is 39.2. The maximum atomic E-state index is 5.08. The summed E-state index contributed by atoms with van der Waals surface area (Å²) < 4.78 is 2.41. The van der Waals surface area contributed by atoms with Crippen molar-refractivity contribution in [2.75, 3.05) is 0 Å². The van der Waals surface area contributed by atoms with Gasteiger partial charge in [0.2, 0.25) is 0 Å². The van der Waals surface area contributed by atoms with Gasteiger partial charge in [-0.1, -0.05) is 134 Å². The topological polar surface area (TPSA) is 56.0 Å². The second-order valence-corrected chi connectivity index (χ2v) is 11.1. The Kier molecular flexibility index (Phi) is 6.69. The van der Waals surface area contributed by atoms with E-state index in [1.807, 2.05) is 72.8 Å². The van der Waals surface area contributed by atoms with E-state index >= 15 is 0 Å². The minimum atomic E-state index is 0.104. The van der Waals surface area contributed by atoms with Gasteiger partial charge in [0.25, 0.3) is 5.95 Å². The van der Waals surface area contributed by atoms with Crippen molar-refractivity contribution >= 4 is 28.6 Å². The van der Waals surface area contributed by atoms with Crippen LogP contribution in [0.25, 0.3) is 45.4 Å². The number of hydrogen-bond acceptors (Lipinski definition) is 4. The Morgan fingerprint density at radius 1 is 0.600 bits per heavy atom. The van der Waals surface area contributed by atoms with Crippen LogP contribution in [0.4, 0.5) is 5.95 Å². The van der Waals surface area contributed by atoms with E-state index in [1.165, 1.54) is 27.7 Å². The van der Waals surface area contributed by atoms with Crippen molar-refractivity contribution < 1.29 is 0 Å². The van der Waals surface area contributed by atoms with Crippen LogP contribution in [0.1, 0.15) is 24.1 Å². The highest BCUT2D eigenvalue weighted by Gasteiger charge is 2.28. The highest BCUT2D eigenvalue weighted by Crippen LogP contribution is 2.43. The Labute approximate surface area is 262 Å². The van der Waals surface area contributed by atoms with Gasteiger partial charge in [-0.3, -0.25) is 0 Å². The van der Waals surface area contributed by atoms with Gasteiger partial charge in [-0.2, -0.15) is 9.97 Å². The summed E-state index contributed by atoms with van der Waals surface area (Å²) in [6.45, 7) is 2.29. The first-order valence-corrected chi connectivity index (χ1v) is 15.2. The predicted molar refractivity (Wildman–Crippen MR) is 184 cm³/mol. The molecule has 0 amide bonds. The van der Waals surface area contributed by atoms with Crippen LogP contribution >= 0.6 is 0 Å². The molecular formula is C40H29N5. The summed E-state index contributed by atoms with van der Waals surface area (Å²) in [5, 5.41) is 1.25. The van der Waals surface area contributed by atoms with Crippen LogP contribution < -0.4 is 0 Å². The first-order valence-electron chi connectivity index (χ1n) is 15.2. The molecule has 5 nitrogen and oxygen atoms in total. The third kappa shape index (κ3) is 4.85. The molecule has 0 bridgehead atoms. The molecule has 45 heavy (non-hydrogen) atoms. The number of hydrogen-bond donors (Lipinski definition) is 0. The molecule has 1 unspecified atom stereocenters. The standard InChI is InChI=1S/C40H29N5/c1-27-31(25-26-34-33-22-12-14-24-36(33)45(37(27)34)30-19-9-4-10-20-30)32-21-11-13-23-35(32)41-40-43-38(28-15-5-2-6-16-28)42-39(44-40)29-17-7-3-8-18-29/h2-27H,1H3/b32-31-,41-35?. The lowest BCUT2D eigenvalue weighted by Gasteiger charge is -2.25. The number of aromatic nitrogens is 4.